The van der Waals surface area contributed by atoms with Crippen LogP contribution >= 0.6 is 0 Å². The average molecular weight is 180 g/mol. The number of nitrogens with zero attached hydrogens (tertiary/aromatic N) is 1. The second-order valence-corrected chi connectivity index (χ2v) is 4.94. The van der Waals surface area contributed by atoms with Crippen LogP contribution in [0.25, 0.3) is 4.85 Å². The van der Waals surface area contributed by atoms with Crippen molar-refractivity contribution in [3.8, 4) is 6.07 Å². The predicted octanol–water partition coefficient (Wildman–Crippen LogP) is 3.97. The van der Waals surface area contributed by atoms with Gasteiger partial charge in [0.1, 0.15) is 0 Å². The van der Waals surface area contributed by atoms with E-state index in [0.717, 1.165) is 6.54 Å². The molecule has 0 radical (unpaired) electrons. The summed E-state index contributed by atoms with van der Waals surface area (Å²) in [5, 5.41) is 0. The molecule has 1 heteroatoms. The zero-order chi connectivity index (χ0) is 10.5. The molecule has 0 aliphatic carbocycles. The second-order valence-electron chi connectivity index (χ2n) is 4.94. The standard InChI is InChI=1S/C12H22N/c1-10(2)9-13-8-7-11(3)12(4,5)6/h7,10H,9H2,1-6H3/q+1. The summed E-state index contributed by atoms with van der Waals surface area (Å²) in [5.74, 6) is 0.621. The van der Waals surface area contributed by atoms with Crippen LogP contribution in [0.5, 0.6) is 0 Å². The zero-order valence-corrected chi connectivity index (χ0v) is 9.81. The smallest absolute Gasteiger partial charge is 0.0784 e. The van der Waals surface area contributed by atoms with Gasteiger partial charge in [0.2, 0.25) is 0 Å². The van der Waals surface area contributed by atoms with Gasteiger partial charge in [-0.15, -0.1) is 0 Å². The van der Waals surface area contributed by atoms with Gasteiger partial charge < -0.3 is 0 Å². The minimum Gasteiger partial charge on any atom is -0.0784 e. The monoisotopic (exact) mass is 180 g/mol. The Labute approximate surface area is 82.7 Å². The van der Waals surface area contributed by atoms with E-state index in [0.29, 0.717) is 5.92 Å². The molecule has 0 rings (SSSR count). The minimum absolute atomic E-state index is 0.236. The topological polar surface area (TPSA) is 4.36 Å². The number of hydrogen-bond donors (Lipinski definition) is 0. The Morgan fingerprint density at radius 3 is 2.31 bits per heavy atom. The fourth-order valence-corrected chi connectivity index (χ4v) is 0.594. The normalized spacial score (nSPS) is 12.7. The summed E-state index contributed by atoms with van der Waals surface area (Å²) in [4.78, 5) is 4.20. The highest BCUT2D eigenvalue weighted by Gasteiger charge is 2.12. The summed E-state index contributed by atoms with van der Waals surface area (Å²) in [6.07, 6.45) is 1.99. The first-order valence-corrected chi connectivity index (χ1v) is 4.93. The summed E-state index contributed by atoms with van der Waals surface area (Å²) >= 11 is 0. The molecule has 0 bridgehead atoms. The van der Waals surface area contributed by atoms with E-state index in [1.54, 1.807) is 0 Å². The van der Waals surface area contributed by atoms with E-state index >= 15 is 0 Å². The van der Waals surface area contributed by atoms with Gasteiger partial charge in [0.15, 0.2) is 0 Å². The van der Waals surface area contributed by atoms with E-state index in [4.69, 9.17) is 0 Å². The summed E-state index contributed by atoms with van der Waals surface area (Å²) < 4.78 is 0. The quantitative estimate of drug-likeness (QED) is 0.538. The molecule has 0 saturated heterocycles. The highest BCUT2D eigenvalue weighted by atomic mass is 14.6. The van der Waals surface area contributed by atoms with Gasteiger partial charge in [-0.3, -0.25) is 0 Å². The molecule has 0 aliphatic rings. The fourth-order valence-electron chi connectivity index (χ4n) is 0.594. The minimum atomic E-state index is 0.236. The van der Waals surface area contributed by atoms with Crippen LogP contribution in [0.1, 0.15) is 41.5 Å². The molecule has 1 nitrogen and oxygen atoms in total. The molecule has 0 aromatic carbocycles. The number of hydrogen-bond acceptors (Lipinski definition) is 0. The molecule has 0 aromatic heterocycles. The van der Waals surface area contributed by atoms with Crippen LogP contribution < -0.4 is 0 Å². The van der Waals surface area contributed by atoms with Gasteiger partial charge in [-0.2, -0.15) is 0 Å². The van der Waals surface area contributed by atoms with Crippen LogP contribution in [0.2, 0.25) is 0 Å². The molecular formula is C12H22N+. The third kappa shape index (κ3) is 6.40. The van der Waals surface area contributed by atoms with E-state index < -0.39 is 0 Å². The molecule has 0 fully saturated rings. The lowest BCUT2D eigenvalue weighted by Gasteiger charge is -2.17. The van der Waals surface area contributed by atoms with Crippen LogP contribution in [-0.2, 0) is 0 Å². The van der Waals surface area contributed by atoms with E-state index in [2.05, 4.69) is 52.5 Å². The van der Waals surface area contributed by atoms with Crippen LogP contribution in [0.15, 0.2) is 11.6 Å². The average Bonchev–Trinajstić information content (AvgIpc) is 1.95. The Hall–Kier alpha value is -0.770. The first kappa shape index (κ1) is 12.2. The maximum Gasteiger partial charge on any atom is 0.303 e. The first-order valence-electron chi connectivity index (χ1n) is 4.93. The third-order valence-electron chi connectivity index (χ3n) is 2.01. The lowest BCUT2D eigenvalue weighted by molar-refractivity contribution is 0.504. The summed E-state index contributed by atoms with van der Waals surface area (Å²) in [7, 11) is 0. The van der Waals surface area contributed by atoms with E-state index in [1.165, 1.54) is 5.57 Å². The Balaban J connectivity index is 4.16. The molecule has 13 heavy (non-hydrogen) atoms. The molecule has 74 valence electrons. The molecule has 0 aliphatic heterocycles. The largest absolute Gasteiger partial charge is 0.303 e. The van der Waals surface area contributed by atoms with Gasteiger partial charge in [0.25, 0.3) is 6.54 Å². The van der Waals surface area contributed by atoms with E-state index in [9.17, 15) is 0 Å². The van der Waals surface area contributed by atoms with Gasteiger partial charge in [-0.05, 0) is 12.3 Å². The van der Waals surface area contributed by atoms with Crippen LogP contribution in [-0.4, -0.2) is 6.54 Å². The Kier molecular flexibility index (Phi) is 4.77. The Morgan fingerprint density at radius 2 is 1.92 bits per heavy atom. The van der Waals surface area contributed by atoms with Crippen LogP contribution in [0.4, 0.5) is 0 Å². The lowest BCUT2D eigenvalue weighted by atomic mass is 9.88. The molecular weight excluding hydrogens is 158 g/mol. The Morgan fingerprint density at radius 1 is 1.38 bits per heavy atom. The highest BCUT2D eigenvalue weighted by molar-refractivity contribution is 5.19. The maximum absolute atomic E-state index is 4.20. The predicted molar refractivity (Wildman–Crippen MR) is 60.2 cm³/mol. The molecule has 0 saturated carbocycles. The molecule has 0 unspecified atom stereocenters. The van der Waals surface area contributed by atoms with Crippen molar-refractivity contribution < 1.29 is 0 Å². The SMILES string of the molecule is CC(=CC#[N+]CC(C)C)C(C)(C)C. The van der Waals surface area contributed by atoms with Crippen molar-refractivity contribution in [1.29, 1.82) is 0 Å². The highest BCUT2D eigenvalue weighted by Crippen LogP contribution is 2.23. The van der Waals surface area contributed by atoms with Gasteiger partial charge in [-0.1, -0.05) is 45.0 Å². The third-order valence-corrected chi connectivity index (χ3v) is 2.01. The van der Waals surface area contributed by atoms with Gasteiger partial charge >= 0.3 is 6.07 Å². The van der Waals surface area contributed by atoms with Crippen molar-refractivity contribution in [2.45, 2.75) is 41.5 Å². The van der Waals surface area contributed by atoms with Crippen molar-refractivity contribution in [1.82, 2.24) is 0 Å². The molecule has 0 spiro atoms. The molecule has 0 amide bonds. The Bertz CT molecular complexity index is 230. The molecule has 0 atom stereocenters. The van der Waals surface area contributed by atoms with Gasteiger partial charge in [-0.25, -0.2) is 0 Å². The van der Waals surface area contributed by atoms with Gasteiger partial charge in [0, 0.05) is 5.92 Å². The summed E-state index contributed by atoms with van der Waals surface area (Å²) in [5.41, 5.74) is 1.56. The summed E-state index contributed by atoms with van der Waals surface area (Å²) in [6.45, 7) is 13.9. The molecule has 0 heterocycles. The number of rotatable bonds is 1. The maximum atomic E-state index is 4.20. The van der Waals surface area contributed by atoms with Crippen molar-refractivity contribution in [3.05, 3.63) is 16.5 Å². The molecule has 0 N–H and O–H groups in total. The van der Waals surface area contributed by atoms with Gasteiger partial charge in [0.05, 0.1) is 6.08 Å². The lowest BCUT2D eigenvalue weighted by Crippen LogP contribution is -2.05. The van der Waals surface area contributed by atoms with Crippen LogP contribution in [0, 0.1) is 17.4 Å². The summed E-state index contributed by atoms with van der Waals surface area (Å²) in [6, 6.07) is 2.99. The molecule has 0 aromatic rings. The van der Waals surface area contributed by atoms with Crippen molar-refractivity contribution in [2.24, 2.45) is 11.3 Å². The fraction of sp³-hybridized carbons (Fsp3) is 0.750. The van der Waals surface area contributed by atoms with Crippen molar-refractivity contribution in [2.75, 3.05) is 6.54 Å². The van der Waals surface area contributed by atoms with E-state index in [1.807, 2.05) is 6.08 Å². The first-order chi connectivity index (χ1) is 5.84. The van der Waals surface area contributed by atoms with E-state index in [-0.39, 0.29) is 5.41 Å². The van der Waals surface area contributed by atoms with Crippen molar-refractivity contribution >= 4 is 0 Å². The van der Waals surface area contributed by atoms with Crippen molar-refractivity contribution in [3.63, 3.8) is 0 Å². The number of allylic oxidation sites excluding steroid dienone is 2. The zero-order valence-electron chi connectivity index (χ0n) is 9.81. The second kappa shape index (κ2) is 5.07. The van der Waals surface area contributed by atoms with Crippen LogP contribution in [0.3, 0.4) is 0 Å².